The van der Waals surface area contributed by atoms with Crippen molar-refractivity contribution in [2.75, 3.05) is 13.2 Å². The molecule has 4 rings (SSSR count). The van der Waals surface area contributed by atoms with E-state index in [0.29, 0.717) is 19.6 Å². The maximum atomic E-state index is 11.3. The molecule has 0 radical (unpaired) electrons. The number of rotatable bonds is 11. The molecule has 0 aliphatic heterocycles. The molecule has 0 amide bonds. The molecule has 0 aromatic heterocycles. The Morgan fingerprint density at radius 2 is 1.62 bits per heavy atom. The van der Waals surface area contributed by atoms with Crippen molar-refractivity contribution in [3.05, 3.63) is 95.1 Å². The Labute approximate surface area is 201 Å². The summed E-state index contributed by atoms with van der Waals surface area (Å²) in [4.78, 5) is 11.3. The van der Waals surface area contributed by atoms with Crippen molar-refractivity contribution in [1.82, 2.24) is 0 Å². The van der Waals surface area contributed by atoms with Gasteiger partial charge >= 0.3 is 5.97 Å². The summed E-state index contributed by atoms with van der Waals surface area (Å²) in [5, 5.41) is 9.28. The number of fused-ring (bicyclic) bond motifs is 3. The highest BCUT2D eigenvalue weighted by atomic mass is 16.5. The third kappa shape index (κ3) is 5.40. The van der Waals surface area contributed by atoms with Gasteiger partial charge in [0.2, 0.25) is 0 Å². The highest BCUT2D eigenvalue weighted by molar-refractivity contribution is 6.01. The van der Waals surface area contributed by atoms with Crippen LogP contribution in [0.3, 0.4) is 0 Å². The van der Waals surface area contributed by atoms with Crippen molar-refractivity contribution in [1.29, 1.82) is 0 Å². The zero-order valence-electron chi connectivity index (χ0n) is 19.9. The molecule has 1 N–H and O–H groups in total. The Morgan fingerprint density at radius 3 is 2.32 bits per heavy atom. The summed E-state index contributed by atoms with van der Waals surface area (Å²) in [6.45, 7) is 4.86. The van der Waals surface area contributed by atoms with Crippen LogP contribution in [0.15, 0.2) is 72.8 Å². The Balaban J connectivity index is 1.47. The van der Waals surface area contributed by atoms with Crippen molar-refractivity contribution >= 4 is 11.5 Å². The first kappa shape index (κ1) is 23.8. The van der Waals surface area contributed by atoms with Gasteiger partial charge in [-0.3, -0.25) is 0 Å². The van der Waals surface area contributed by atoms with E-state index in [9.17, 15) is 9.90 Å². The van der Waals surface area contributed by atoms with E-state index < -0.39 is 12.1 Å². The van der Waals surface area contributed by atoms with Crippen LogP contribution in [-0.4, -0.2) is 30.4 Å². The van der Waals surface area contributed by atoms with Crippen molar-refractivity contribution in [3.8, 4) is 16.9 Å². The molecule has 1 aliphatic rings. The third-order valence-electron chi connectivity index (χ3n) is 6.23. The van der Waals surface area contributed by atoms with Gasteiger partial charge in [0.05, 0.1) is 0 Å². The number of benzene rings is 3. The standard InChI is InChI=1S/C30H32O4/c1-3-5-8-21-13-16-26-27(24-9-6-7-10-25(24)28(26)19-21)17-18-34-23-14-11-22(12-15-23)20-29(30(31)32)33-4-2/h6-7,9-17,19,29H,3-5,8,18,20H2,1-2H3,(H,31,32)/b27-17+. The van der Waals surface area contributed by atoms with E-state index in [0.717, 1.165) is 17.7 Å². The maximum Gasteiger partial charge on any atom is 0.333 e. The fourth-order valence-electron chi connectivity index (χ4n) is 4.48. The lowest BCUT2D eigenvalue weighted by molar-refractivity contribution is -0.149. The number of carboxylic acid groups (broad SMARTS) is 1. The zero-order chi connectivity index (χ0) is 23.9. The lowest BCUT2D eigenvalue weighted by Crippen LogP contribution is -2.26. The van der Waals surface area contributed by atoms with Gasteiger partial charge < -0.3 is 14.6 Å². The number of aryl methyl sites for hydroxylation is 1. The van der Waals surface area contributed by atoms with Crippen molar-refractivity contribution < 1.29 is 19.4 Å². The quantitative estimate of drug-likeness (QED) is 0.278. The van der Waals surface area contributed by atoms with Crippen LogP contribution in [0, 0.1) is 0 Å². The number of hydrogen-bond acceptors (Lipinski definition) is 3. The molecule has 3 aromatic carbocycles. The minimum atomic E-state index is -0.941. The summed E-state index contributed by atoms with van der Waals surface area (Å²) in [5.74, 6) is -0.186. The first-order valence-electron chi connectivity index (χ1n) is 12.1. The van der Waals surface area contributed by atoms with Gasteiger partial charge in [-0.25, -0.2) is 4.79 Å². The van der Waals surface area contributed by atoms with Crippen molar-refractivity contribution in [2.24, 2.45) is 0 Å². The molecule has 0 bridgehead atoms. The van der Waals surface area contributed by atoms with Gasteiger partial charge in [0.15, 0.2) is 6.10 Å². The predicted molar refractivity (Wildman–Crippen MR) is 136 cm³/mol. The Kier molecular flexibility index (Phi) is 7.81. The Bertz CT molecular complexity index is 1160. The zero-order valence-corrected chi connectivity index (χ0v) is 19.9. The second-order valence-electron chi connectivity index (χ2n) is 8.59. The molecule has 0 saturated carbocycles. The van der Waals surface area contributed by atoms with Gasteiger partial charge in [-0.1, -0.05) is 67.9 Å². The van der Waals surface area contributed by atoms with E-state index in [-0.39, 0.29) is 0 Å². The van der Waals surface area contributed by atoms with Gasteiger partial charge in [0, 0.05) is 13.0 Å². The average molecular weight is 457 g/mol. The van der Waals surface area contributed by atoms with Gasteiger partial charge in [-0.05, 0) is 76.9 Å². The Hall–Kier alpha value is -3.37. The van der Waals surface area contributed by atoms with Crippen LogP contribution in [0.2, 0.25) is 0 Å². The predicted octanol–water partition coefficient (Wildman–Crippen LogP) is 6.55. The van der Waals surface area contributed by atoms with Gasteiger partial charge in [0.25, 0.3) is 0 Å². The van der Waals surface area contributed by atoms with Crippen LogP contribution >= 0.6 is 0 Å². The minimum Gasteiger partial charge on any atom is -0.490 e. The Morgan fingerprint density at radius 1 is 0.912 bits per heavy atom. The van der Waals surface area contributed by atoms with Crippen LogP contribution in [0.1, 0.15) is 48.9 Å². The van der Waals surface area contributed by atoms with Crippen LogP contribution in [0.5, 0.6) is 5.75 Å². The second-order valence-corrected chi connectivity index (χ2v) is 8.59. The highest BCUT2D eigenvalue weighted by Crippen LogP contribution is 2.44. The van der Waals surface area contributed by atoms with E-state index in [2.05, 4.69) is 55.5 Å². The van der Waals surface area contributed by atoms with E-state index in [4.69, 9.17) is 9.47 Å². The summed E-state index contributed by atoms with van der Waals surface area (Å²) in [5.41, 5.74) is 8.61. The van der Waals surface area contributed by atoms with Crippen LogP contribution < -0.4 is 4.74 Å². The van der Waals surface area contributed by atoms with Crippen LogP contribution in [-0.2, 0) is 22.4 Å². The molecule has 0 saturated heterocycles. The average Bonchev–Trinajstić information content (AvgIpc) is 3.16. The van der Waals surface area contributed by atoms with E-state index in [1.165, 1.54) is 46.2 Å². The molecular formula is C30H32O4. The van der Waals surface area contributed by atoms with Gasteiger partial charge in [-0.15, -0.1) is 0 Å². The number of hydrogen-bond donors (Lipinski definition) is 1. The summed E-state index contributed by atoms with van der Waals surface area (Å²) >= 11 is 0. The SMILES string of the molecule is CCCCc1ccc2c(c1)-c1ccccc1/C2=C\COc1ccc(CC(OCC)C(=O)O)cc1. The fourth-order valence-corrected chi connectivity index (χ4v) is 4.48. The van der Waals surface area contributed by atoms with Crippen molar-refractivity contribution in [3.63, 3.8) is 0 Å². The topological polar surface area (TPSA) is 55.8 Å². The minimum absolute atomic E-state index is 0.335. The smallest absolute Gasteiger partial charge is 0.333 e. The van der Waals surface area contributed by atoms with Gasteiger partial charge in [0.1, 0.15) is 12.4 Å². The maximum absolute atomic E-state index is 11.3. The number of aliphatic carboxylic acids is 1. The van der Waals surface area contributed by atoms with E-state index in [1.54, 1.807) is 6.92 Å². The van der Waals surface area contributed by atoms with Crippen LogP contribution in [0.25, 0.3) is 16.7 Å². The van der Waals surface area contributed by atoms with Crippen molar-refractivity contribution in [2.45, 2.75) is 45.6 Å². The molecule has 1 aliphatic carbocycles. The third-order valence-corrected chi connectivity index (χ3v) is 6.23. The molecule has 3 aromatic rings. The molecule has 34 heavy (non-hydrogen) atoms. The molecule has 0 fully saturated rings. The molecule has 176 valence electrons. The molecule has 4 heteroatoms. The summed E-state index contributed by atoms with van der Waals surface area (Å²) in [6.07, 6.45) is 5.18. The first-order chi connectivity index (χ1) is 16.6. The molecule has 1 unspecified atom stereocenters. The number of ether oxygens (including phenoxy) is 2. The summed E-state index contributed by atoms with van der Waals surface area (Å²) in [6, 6.07) is 23.0. The fraction of sp³-hybridized carbons (Fsp3) is 0.300. The van der Waals surface area contributed by atoms with Gasteiger partial charge in [-0.2, -0.15) is 0 Å². The number of carbonyl (C=O) groups is 1. The molecule has 0 spiro atoms. The van der Waals surface area contributed by atoms with E-state index >= 15 is 0 Å². The normalized spacial score (nSPS) is 14.0. The largest absolute Gasteiger partial charge is 0.490 e. The first-order valence-corrected chi connectivity index (χ1v) is 12.1. The number of carboxylic acids is 1. The second kappa shape index (κ2) is 11.2. The molecular weight excluding hydrogens is 424 g/mol. The monoisotopic (exact) mass is 456 g/mol. The molecule has 0 heterocycles. The summed E-state index contributed by atoms with van der Waals surface area (Å²) in [7, 11) is 0. The lowest BCUT2D eigenvalue weighted by atomic mass is 9.99. The van der Waals surface area contributed by atoms with E-state index in [1.807, 2.05) is 24.3 Å². The lowest BCUT2D eigenvalue weighted by Gasteiger charge is -2.12. The van der Waals surface area contributed by atoms with Crippen LogP contribution in [0.4, 0.5) is 0 Å². The molecule has 1 atom stereocenters. The number of unbranched alkanes of at least 4 members (excludes halogenated alkanes) is 1. The summed E-state index contributed by atoms with van der Waals surface area (Å²) < 4.78 is 11.3. The molecule has 4 nitrogen and oxygen atoms in total. The highest BCUT2D eigenvalue weighted by Gasteiger charge is 2.23.